The van der Waals surface area contributed by atoms with Crippen molar-refractivity contribution in [1.29, 1.82) is 0 Å². The van der Waals surface area contributed by atoms with Crippen LogP contribution in [0.1, 0.15) is 23.7 Å². The highest BCUT2D eigenvalue weighted by Gasteiger charge is 2.26. The highest BCUT2D eigenvalue weighted by atomic mass is 16.5. The van der Waals surface area contributed by atoms with Crippen molar-refractivity contribution in [3.05, 3.63) is 35.0 Å². The molecule has 0 fully saturated rings. The summed E-state index contributed by atoms with van der Waals surface area (Å²) in [5, 5.41) is 0. The molecule has 0 amide bonds. The van der Waals surface area contributed by atoms with Crippen LogP contribution in [0.25, 0.3) is 11.3 Å². The first-order valence-electron chi connectivity index (χ1n) is 8.07. The third-order valence-corrected chi connectivity index (χ3v) is 4.11. The Morgan fingerprint density at radius 1 is 1.26 bits per heavy atom. The highest BCUT2D eigenvalue weighted by Crippen LogP contribution is 2.39. The van der Waals surface area contributed by atoms with Gasteiger partial charge in [-0.3, -0.25) is 0 Å². The second-order valence-corrected chi connectivity index (χ2v) is 6.27. The molecule has 0 bridgehead atoms. The number of nitrogens with zero attached hydrogens (tertiary/aromatic N) is 3. The van der Waals surface area contributed by atoms with Crippen molar-refractivity contribution in [3.63, 3.8) is 0 Å². The van der Waals surface area contributed by atoms with Gasteiger partial charge in [-0.25, -0.2) is 9.97 Å². The topological polar surface area (TPSA) is 64.3 Å². The van der Waals surface area contributed by atoms with Crippen molar-refractivity contribution in [1.82, 2.24) is 9.97 Å². The summed E-state index contributed by atoms with van der Waals surface area (Å²) in [6.45, 7) is 4.74. The van der Waals surface area contributed by atoms with E-state index in [2.05, 4.69) is 37.0 Å². The molecule has 5 heteroatoms. The van der Waals surface area contributed by atoms with E-state index in [1.807, 2.05) is 19.0 Å². The maximum Gasteiger partial charge on any atom is 0.225 e. The van der Waals surface area contributed by atoms with E-state index in [9.17, 15) is 0 Å². The zero-order chi connectivity index (χ0) is 16.6. The van der Waals surface area contributed by atoms with Crippen LogP contribution in [-0.2, 0) is 12.8 Å². The summed E-state index contributed by atoms with van der Waals surface area (Å²) in [6, 6.07) is 6.38. The molecule has 0 saturated heterocycles. The van der Waals surface area contributed by atoms with Gasteiger partial charge in [-0.15, -0.1) is 0 Å². The van der Waals surface area contributed by atoms with Crippen molar-refractivity contribution in [2.45, 2.75) is 32.8 Å². The molecule has 2 aromatic rings. The molecule has 122 valence electrons. The second kappa shape index (κ2) is 6.16. The summed E-state index contributed by atoms with van der Waals surface area (Å²) < 4.78 is 6.07. The van der Waals surface area contributed by atoms with Gasteiger partial charge in [-0.2, -0.15) is 0 Å². The Bertz CT molecular complexity index is 727. The molecule has 1 aliphatic rings. The van der Waals surface area contributed by atoms with Gasteiger partial charge in [0, 0.05) is 38.3 Å². The van der Waals surface area contributed by atoms with Gasteiger partial charge < -0.3 is 15.4 Å². The molecule has 0 radical (unpaired) electrons. The van der Waals surface area contributed by atoms with E-state index in [1.54, 1.807) is 0 Å². The Morgan fingerprint density at radius 3 is 2.70 bits per heavy atom. The maximum absolute atomic E-state index is 6.07. The number of aromatic nitrogens is 2. The third-order valence-electron chi connectivity index (χ3n) is 4.11. The Morgan fingerprint density at radius 2 is 2.04 bits per heavy atom. The number of hydrogen-bond donors (Lipinski definition) is 1. The first-order valence-corrected chi connectivity index (χ1v) is 8.07. The predicted molar refractivity (Wildman–Crippen MR) is 93.1 cm³/mol. The average molecular weight is 312 g/mol. The molecule has 5 nitrogen and oxygen atoms in total. The fraction of sp³-hybridized carbons (Fsp3) is 0.444. The first kappa shape index (κ1) is 15.7. The standard InChI is InChI=1S/C18H24N4O/c1-5-13-9-16(21-18(20-13)22(3)4)15-7-11(2)6-12-8-14(10-19)23-17(12)15/h6-7,9,14H,5,8,10,19H2,1-4H3. The van der Waals surface area contributed by atoms with Gasteiger partial charge in [0.1, 0.15) is 11.9 Å². The second-order valence-electron chi connectivity index (χ2n) is 6.27. The number of aryl methyl sites for hydroxylation is 2. The van der Waals surface area contributed by atoms with Crippen molar-refractivity contribution in [2.75, 3.05) is 25.5 Å². The largest absolute Gasteiger partial charge is 0.488 e. The molecule has 2 N–H and O–H groups in total. The summed E-state index contributed by atoms with van der Waals surface area (Å²) in [7, 11) is 3.92. The number of benzene rings is 1. The molecule has 1 atom stereocenters. The van der Waals surface area contributed by atoms with Crippen LogP contribution in [0.2, 0.25) is 0 Å². The van der Waals surface area contributed by atoms with Crippen LogP contribution >= 0.6 is 0 Å². The molecule has 0 aliphatic carbocycles. The first-order chi connectivity index (χ1) is 11.0. The van der Waals surface area contributed by atoms with Gasteiger partial charge in [-0.05, 0) is 36.6 Å². The van der Waals surface area contributed by atoms with Crippen LogP contribution in [0, 0.1) is 6.92 Å². The maximum atomic E-state index is 6.07. The lowest BCUT2D eigenvalue weighted by Gasteiger charge is -2.15. The molecule has 3 rings (SSSR count). The van der Waals surface area contributed by atoms with Crippen molar-refractivity contribution >= 4 is 5.95 Å². The van der Waals surface area contributed by atoms with Crippen LogP contribution in [0.15, 0.2) is 18.2 Å². The van der Waals surface area contributed by atoms with Gasteiger partial charge in [-0.1, -0.05) is 13.0 Å². The van der Waals surface area contributed by atoms with Crippen molar-refractivity contribution in [3.8, 4) is 17.0 Å². The Hall–Kier alpha value is -2.14. The Balaban J connectivity index is 2.15. The van der Waals surface area contributed by atoms with Crippen LogP contribution in [0.3, 0.4) is 0 Å². The minimum Gasteiger partial charge on any atom is -0.488 e. The normalized spacial score (nSPS) is 16.1. The zero-order valence-corrected chi connectivity index (χ0v) is 14.3. The molecular weight excluding hydrogens is 288 g/mol. The summed E-state index contributed by atoms with van der Waals surface area (Å²) in [5.41, 5.74) is 11.2. The number of nitrogens with two attached hydrogens (primary N) is 1. The number of anilines is 1. The van der Waals surface area contributed by atoms with Gasteiger partial charge in [0.15, 0.2) is 0 Å². The van der Waals surface area contributed by atoms with Crippen LogP contribution in [-0.4, -0.2) is 36.7 Å². The molecule has 1 aromatic carbocycles. The number of rotatable bonds is 4. The molecule has 1 aromatic heterocycles. The predicted octanol–water partition coefficient (Wildman–Crippen LogP) is 2.34. The van der Waals surface area contributed by atoms with E-state index < -0.39 is 0 Å². The lowest BCUT2D eigenvalue weighted by atomic mass is 10.0. The molecule has 2 heterocycles. The van der Waals surface area contributed by atoms with Crippen molar-refractivity contribution < 1.29 is 4.74 Å². The van der Waals surface area contributed by atoms with Gasteiger partial charge in [0.05, 0.1) is 5.69 Å². The fourth-order valence-corrected chi connectivity index (χ4v) is 2.92. The van der Waals surface area contributed by atoms with Gasteiger partial charge in [0.2, 0.25) is 5.95 Å². The molecule has 1 unspecified atom stereocenters. The molecule has 1 aliphatic heterocycles. The lowest BCUT2D eigenvalue weighted by Crippen LogP contribution is -2.24. The van der Waals surface area contributed by atoms with E-state index in [0.29, 0.717) is 6.54 Å². The third kappa shape index (κ3) is 3.01. The van der Waals surface area contributed by atoms with E-state index >= 15 is 0 Å². The van der Waals surface area contributed by atoms with Crippen LogP contribution < -0.4 is 15.4 Å². The lowest BCUT2D eigenvalue weighted by molar-refractivity contribution is 0.242. The number of ether oxygens (including phenoxy) is 1. The Labute approximate surface area is 137 Å². The molecule has 0 spiro atoms. The van der Waals surface area contributed by atoms with Crippen LogP contribution in [0.4, 0.5) is 5.95 Å². The quantitative estimate of drug-likeness (QED) is 0.939. The highest BCUT2D eigenvalue weighted by molar-refractivity contribution is 5.72. The average Bonchev–Trinajstić information content (AvgIpc) is 2.96. The zero-order valence-electron chi connectivity index (χ0n) is 14.3. The molecule has 0 saturated carbocycles. The summed E-state index contributed by atoms with van der Waals surface area (Å²) in [6.07, 6.45) is 1.80. The van der Waals surface area contributed by atoms with Crippen LogP contribution in [0.5, 0.6) is 5.75 Å². The summed E-state index contributed by atoms with van der Waals surface area (Å²) >= 11 is 0. The summed E-state index contributed by atoms with van der Waals surface area (Å²) in [4.78, 5) is 11.2. The van der Waals surface area contributed by atoms with E-state index in [1.165, 1.54) is 11.1 Å². The minimum absolute atomic E-state index is 0.0614. The fourth-order valence-electron chi connectivity index (χ4n) is 2.92. The smallest absolute Gasteiger partial charge is 0.225 e. The number of hydrogen-bond acceptors (Lipinski definition) is 5. The molecular formula is C18H24N4O. The molecule has 23 heavy (non-hydrogen) atoms. The SMILES string of the molecule is CCc1cc(-c2cc(C)cc3c2OC(CN)C3)nc(N(C)C)n1. The number of fused-ring (bicyclic) bond motifs is 1. The van der Waals surface area contributed by atoms with E-state index in [4.69, 9.17) is 15.5 Å². The summed E-state index contributed by atoms with van der Waals surface area (Å²) in [5.74, 6) is 1.65. The minimum atomic E-state index is 0.0614. The Kier molecular flexibility index (Phi) is 4.22. The van der Waals surface area contributed by atoms with Crippen molar-refractivity contribution in [2.24, 2.45) is 5.73 Å². The monoisotopic (exact) mass is 312 g/mol. The van der Waals surface area contributed by atoms with Gasteiger partial charge >= 0.3 is 0 Å². The van der Waals surface area contributed by atoms with E-state index in [-0.39, 0.29) is 6.10 Å². The van der Waals surface area contributed by atoms with E-state index in [0.717, 1.165) is 41.5 Å². The van der Waals surface area contributed by atoms with Gasteiger partial charge in [0.25, 0.3) is 0 Å².